The molecule has 0 aromatic carbocycles. The van der Waals surface area contributed by atoms with E-state index < -0.39 is 0 Å². The summed E-state index contributed by atoms with van der Waals surface area (Å²) in [5, 5.41) is 12.4. The molecule has 3 nitrogen and oxygen atoms in total. The molecule has 1 rings (SSSR count). The second kappa shape index (κ2) is 4.73. The number of nitrogens with one attached hydrogen (secondary N) is 1. The maximum Gasteiger partial charge on any atom is 0.108 e. The van der Waals surface area contributed by atoms with E-state index in [2.05, 4.69) is 44.1 Å². The van der Waals surface area contributed by atoms with E-state index in [1.165, 1.54) is 0 Å². The molecule has 92 valence electrons. The van der Waals surface area contributed by atoms with Crippen molar-refractivity contribution >= 4 is 0 Å². The topological polar surface area (TPSA) is 39.1 Å². The normalized spacial score (nSPS) is 30.7. The van der Waals surface area contributed by atoms with Crippen LogP contribution < -0.4 is 5.32 Å². The summed E-state index contributed by atoms with van der Waals surface area (Å²) in [7, 11) is 4.08. The quantitative estimate of drug-likeness (QED) is 0.795. The molecule has 1 aliphatic rings. The Labute approximate surface area is 99.8 Å². The Morgan fingerprint density at radius 2 is 2.12 bits per heavy atom. The third-order valence-corrected chi connectivity index (χ3v) is 3.53. The fourth-order valence-corrected chi connectivity index (χ4v) is 2.66. The van der Waals surface area contributed by atoms with Gasteiger partial charge in [-0.05, 0) is 38.8 Å². The molecule has 1 saturated carbocycles. The van der Waals surface area contributed by atoms with Crippen molar-refractivity contribution in [3.8, 4) is 6.07 Å². The molecule has 3 heteroatoms. The van der Waals surface area contributed by atoms with Crippen LogP contribution in [0.2, 0.25) is 0 Å². The van der Waals surface area contributed by atoms with Crippen molar-refractivity contribution in [1.29, 1.82) is 5.26 Å². The first-order valence-corrected chi connectivity index (χ1v) is 6.12. The number of nitriles is 1. The van der Waals surface area contributed by atoms with E-state index in [4.69, 9.17) is 0 Å². The molecule has 0 saturated heterocycles. The number of nitrogens with zero attached hydrogens (tertiary/aromatic N) is 2. The Balaban J connectivity index is 2.57. The van der Waals surface area contributed by atoms with E-state index in [1.54, 1.807) is 0 Å². The van der Waals surface area contributed by atoms with E-state index in [0.29, 0.717) is 11.5 Å². The molecule has 2 unspecified atom stereocenters. The van der Waals surface area contributed by atoms with Crippen LogP contribution in [0, 0.1) is 16.7 Å². The Morgan fingerprint density at radius 1 is 1.50 bits per heavy atom. The van der Waals surface area contributed by atoms with Crippen LogP contribution in [-0.2, 0) is 0 Å². The molecule has 0 heterocycles. The number of rotatable bonds is 3. The van der Waals surface area contributed by atoms with Gasteiger partial charge < -0.3 is 10.2 Å². The molecular weight excluding hydrogens is 198 g/mol. The van der Waals surface area contributed by atoms with Crippen LogP contribution >= 0.6 is 0 Å². The second-order valence-electron chi connectivity index (χ2n) is 6.32. The molecule has 0 aliphatic heterocycles. The summed E-state index contributed by atoms with van der Waals surface area (Å²) in [5.41, 5.74) is 0.0447. The van der Waals surface area contributed by atoms with Crippen LogP contribution in [0.3, 0.4) is 0 Å². The lowest BCUT2D eigenvalue weighted by molar-refractivity contribution is 0.169. The minimum atomic E-state index is -0.281. The molecule has 16 heavy (non-hydrogen) atoms. The van der Waals surface area contributed by atoms with Crippen LogP contribution in [0.5, 0.6) is 0 Å². The van der Waals surface area contributed by atoms with E-state index in [1.807, 2.05) is 7.05 Å². The van der Waals surface area contributed by atoms with Crippen LogP contribution in [-0.4, -0.2) is 37.1 Å². The molecule has 0 aromatic heterocycles. The average Bonchev–Trinajstić information content (AvgIpc) is 2.60. The summed E-state index contributed by atoms with van der Waals surface area (Å²) < 4.78 is 0. The predicted molar refractivity (Wildman–Crippen MR) is 67.1 cm³/mol. The molecule has 0 amide bonds. The summed E-state index contributed by atoms with van der Waals surface area (Å²) >= 11 is 0. The van der Waals surface area contributed by atoms with Gasteiger partial charge in [0.25, 0.3) is 0 Å². The average molecular weight is 223 g/mol. The molecule has 1 aliphatic carbocycles. The lowest BCUT2D eigenvalue weighted by atomic mass is 9.95. The van der Waals surface area contributed by atoms with Gasteiger partial charge in [0.15, 0.2) is 0 Å². The molecule has 1 N–H and O–H groups in total. The third-order valence-electron chi connectivity index (χ3n) is 3.53. The molecule has 2 atom stereocenters. The van der Waals surface area contributed by atoms with Crippen molar-refractivity contribution < 1.29 is 0 Å². The van der Waals surface area contributed by atoms with E-state index in [0.717, 1.165) is 25.8 Å². The van der Waals surface area contributed by atoms with E-state index >= 15 is 0 Å². The highest BCUT2D eigenvalue weighted by Crippen LogP contribution is 2.33. The molecule has 0 aromatic rings. The summed E-state index contributed by atoms with van der Waals surface area (Å²) in [4.78, 5) is 2.41. The van der Waals surface area contributed by atoms with Crippen LogP contribution in [0.4, 0.5) is 0 Å². The monoisotopic (exact) mass is 223 g/mol. The smallest absolute Gasteiger partial charge is 0.108 e. The zero-order valence-electron chi connectivity index (χ0n) is 11.3. The van der Waals surface area contributed by atoms with Crippen LogP contribution in [0.25, 0.3) is 0 Å². The van der Waals surface area contributed by atoms with Crippen molar-refractivity contribution in [1.82, 2.24) is 10.2 Å². The Morgan fingerprint density at radius 3 is 2.50 bits per heavy atom. The van der Waals surface area contributed by atoms with Gasteiger partial charge in [-0.1, -0.05) is 20.8 Å². The van der Waals surface area contributed by atoms with Gasteiger partial charge in [-0.25, -0.2) is 0 Å². The van der Waals surface area contributed by atoms with Gasteiger partial charge in [0.05, 0.1) is 6.07 Å². The van der Waals surface area contributed by atoms with Gasteiger partial charge in [-0.2, -0.15) is 5.26 Å². The zero-order chi connectivity index (χ0) is 12.4. The first-order valence-electron chi connectivity index (χ1n) is 6.12. The largest absolute Gasteiger partial charge is 0.303 e. The first-order chi connectivity index (χ1) is 7.32. The fourth-order valence-electron chi connectivity index (χ4n) is 2.66. The zero-order valence-corrected chi connectivity index (χ0v) is 11.3. The van der Waals surface area contributed by atoms with Gasteiger partial charge in [-0.15, -0.1) is 0 Å². The SMILES string of the molecule is CNC1(C#N)CCC(N(C)CC(C)(C)C)C1. The van der Waals surface area contributed by atoms with Gasteiger partial charge >= 0.3 is 0 Å². The van der Waals surface area contributed by atoms with Crippen molar-refractivity contribution in [2.45, 2.75) is 51.6 Å². The minimum absolute atomic E-state index is 0.281. The van der Waals surface area contributed by atoms with Gasteiger partial charge in [0.1, 0.15) is 5.54 Å². The summed E-state index contributed by atoms with van der Waals surface area (Å²) in [6.45, 7) is 7.86. The molecule has 0 spiro atoms. The van der Waals surface area contributed by atoms with Crippen molar-refractivity contribution in [3.05, 3.63) is 0 Å². The summed E-state index contributed by atoms with van der Waals surface area (Å²) in [5.74, 6) is 0. The minimum Gasteiger partial charge on any atom is -0.303 e. The molecule has 0 bridgehead atoms. The Hall–Kier alpha value is -0.590. The highest BCUT2D eigenvalue weighted by atomic mass is 15.1. The predicted octanol–water partition coefficient (Wildman–Crippen LogP) is 2.00. The van der Waals surface area contributed by atoms with Crippen LogP contribution in [0.1, 0.15) is 40.0 Å². The van der Waals surface area contributed by atoms with Crippen LogP contribution in [0.15, 0.2) is 0 Å². The van der Waals surface area contributed by atoms with Crippen molar-refractivity contribution in [3.63, 3.8) is 0 Å². The lowest BCUT2D eigenvalue weighted by Crippen LogP contribution is -2.42. The van der Waals surface area contributed by atoms with E-state index in [-0.39, 0.29) is 5.54 Å². The highest BCUT2D eigenvalue weighted by molar-refractivity contribution is 5.12. The molecular formula is C13H25N3. The Kier molecular flexibility index (Phi) is 3.98. The first kappa shape index (κ1) is 13.5. The highest BCUT2D eigenvalue weighted by Gasteiger charge is 2.40. The molecule has 1 fully saturated rings. The van der Waals surface area contributed by atoms with Gasteiger partial charge in [-0.3, -0.25) is 0 Å². The second-order valence-corrected chi connectivity index (χ2v) is 6.32. The van der Waals surface area contributed by atoms with Gasteiger partial charge in [0.2, 0.25) is 0 Å². The standard InChI is InChI=1S/C13H25N3/c1-12(2,3)10-16(5)11-6-7-13(8-11,9-14)15-4/h11,15H,6-8,10H2,1-5H3. The Bertz CT molecular complexity index is 274. The summed E-state index contributed by atoms with van der Waals surface area (Å²) in [6, 6.07) is 2.98. The number of hydrogen-bond donors (Lipinski definition) is 1. The lowest BCUT2D eigenvalue weighted by Gasteiger charge is -2.32. The fraction of sp³-hybridized carbons (Fsp3) is 0.923. The van der Waals surface area contributed by atoms with Gasteiger partial charge in [0, 0.05) is 12.6 Å². The molecule has 0 radical (unpaired) electrons. The van der Waals surface area contributed by atoms with Crippen molar-refractivity contribution in [2.24, 2.45) is 5.41 Å². The third kappa shape index (κ3) is 3.20. The maximum absolute atomic E-state index is 9.22. The number of hydrogen-bond acceptors (Lipinski definition) is 3. The maximum atomic E-state index is 9.22. The van der Waals surface area contributed by atoms with E-state index in [9.17, 15) is 5.26 Å². The van der Waals surface area contributed by atoms with Crippen molar-refractivity contribution in [2.75, 3.05) is 20.6 Å². The summed E-state index contributed by atoms with van der Waals surface area (Å²) in [6.07, 6.45) is 3.05.